The molecule has 0 atom stereocenters. The highest BCUT2D eigenvalue weighted by Crippen LogP contribution is 2.24. The molecule has 6 heteroatoms. The van der Waals surface area contributed by atoms with Gasteiger partial charge in [0.15, 0.2) is 0 Å². The van der Waals surface area contributed by atoms with Gasteiger partial charge in [-0.3, -0.25) is 4.79 Å². The highest BCUT2D eigenvalue weighted by atomic mass is 32.1. The molecule has 124 valence electrons. The van der Waals surface area contributed by atoms with Crippen LogP contribution < -0.4 is 4.74 Å². The summed E-state index contributed by atoms with van der Waals surface area (Å²) in [5.74, 6) is -0.447. The zero-order chi connectivity index (χ0) is 16.8. The van der Waals surface area contributed by atoms with Crippen molar-refractivity contribution in [1.82, 2.24) is 4.90 Å². The molecule has 1 N–H and O–H groups in total. The number of carbonyl (C=O) groups excluding carboxylic acids is 1. The Morgan fingerprint density at radius 3 is 2.74 bits per heavy atom. The van der Waals surface area contributed by atoms with Crippen LogP contribution in [0.3, 0.4) is 0 Å². The molecular weight excluding hydrogens is 317 g/mol. The molecule has 23 heavy (non-hydrogen) atoms. The lowest BCUT2D eigenvalue weighted by Gasteiger charge is -2.23. The van der Waals surface area contributed by atoms with Crippen LogP contribution in [0.25, 0.3) is 0 Å². The molecule has 1 aromatic heterocycles. The van der Waals surface area contributed by atoms with E-state index in [1.54, 1.807) is 16.2 Å². The van der Waals surface area contributed by atoms with Crippen molar-refractivity contribution >= 4 is 17.2 Å². The lowest BCUT2D eigenvalue weighted by atomic mass is 10.1. The summed E-state index contributed by atoms with van der Waals surface area (Å²) < 4.78 is 18.7. The van der Waals surface area contributed by atoms with Crippen molar-refractivity contribution < 1.29 is 19.0 Å². The summed E-state index contributed by atoms with van der Waals surface area (Å²) in [4.78, 5) is 16.6. The minimum atomic E-state index is -0.483. The van der Waals surface area contributed by atoms with E-state index in [2.05, 4.69) is 0 Å². The molecule has 0 spiro atoms. The summed E-state index contributed by atoms with van der Waals surface area (Å²) in [5.41, 5.74) is 0.193. The third kappa shape index (κ3) is 4.53. The highest BCUT2D eigenvalue weighted by Gasteiger charge is 2.21. The molecule has 0 aliphatic carbocycles. The summed E-state index contributed by atoms with van der Waals surface area (Å²) in [6, 6.07) is 7.87. The maximum atomic E-state index is 13.5. The van der Waals surface area contributed by atoms with Gasteiger partial charge in [-0.1, -0.05) is 0 Å². The largest absolute Gasteiger partial charge is 0.496 e. The van der Waals surface area contributed by atoms with Crippen LogP contribution in [0.15, 0.2) is 30.3 Å². The van der Waals surface area contributed by atoms with Crippen molar-refractivity contribution in [2.75, 3.05) is 20.3 Å². The molecule has 2 aromatic rings. The Labute approximate surface area is 139 Å². The van der Waals surface area contributed by atoms with Gasteiger partial charge in [-0.25, -0.2) is 4.39 Å². The number of thiophene rings is 1. The van der Waals surface area contributed by atoms with Crippen molar-refractivity contribution in [3.8, 4) is 5.75 Å². The Morgan fingerprint density at radius 2 is 2.13 bits per heavy atom. The van der Waals surface area contributed by atoms with Gasteiger partial charge in [-0.15, -0.1) is 11.3 Å². The zero-order valence-electron chi connectivity index (χ0n) is 13.2. The molecule has 0 fully saturated rings. The number of benzene rings is 1. The molecule has 0 aliphatic rings. The average molecular weight is 337 g/mol. The number of rotatable bonds is 7. The van der Waals surface area contributed by atoms with E-state index in [1.165, 1.54) is 25.3 Å². The van der Waals surface area contributed by atoms with E-state index < -0.39 is 5.82 Å². The molecule has 0 unspecified atom stereocenters. The van der Waals surface area contributed by atoms with Crippen LogP contribution in [0.1, 0.15) is 26.5 Å². The van der Waals surface area contributed by atoms with Crippen molar-refractivity contribution in [2.45, 2.75) is 19.9 Å². The number of hydrogen-bond acceptors (Lipinski definition) is 4. The van der Waals surface area contributed by atoms with Crippen LogP contribution in [-0.4, -0.2) is 36.2 Å². The number of nitrogens with zero attached hydrogens (tertiary/aromatic N) is 1. The number of aryl methyl sites for hydroxylation is 1. The van der Waals surface area contributed by atoms with E-state index in [1.807, 2.05) is 19.1 Å². The molecule has 0 bridgehead atoms. The number of hydrogen-bond donors (Lipinski definition) is 1. The first-order valence-corrected chi connectivity index (χ1v) is 8.15. The van der Waals surface area contributed by atoms with Crippen molar-refractivity contribution in [1.29, 1.82) is 0 Å². The molecule has 0 aliphatic heterocycles. The molecule has 1 aromatic carbocycles. The first-order valence-electron chi connectivity index (χ1n) is 7.34. The van der Waals surface area contributed by atoms with E-state index in [4.69, 9.17) is 9.84 Å². The Balaban J connectivity index is 2.27. The Bertz CT molecular complexity index is 672. The normalized spacial score (nSPS) is 10.6. The van der Waals surface area contributed by atoms with Crippen molar-refractivity contribution in [3.05, 3.63) is 51.5 Å². The third-order valence-corrected chi connectivity index (χ3v) is 4.39. The smallest absolute Gasteiger partial charge is 0.258 e. The second kappa shape index (κ2) is 8.08. The van der Waals surface area contributed by atoms with Crippen molar-refractivity contribution in [3.63, 3.8) is 0 Å². The Morgan fingerprint density at radius 1 is 1.35 bits per heavy atom. The fraction of sp³-hybridized carbons (Fsp3) is 0.353. The standard InChI is InChI=1S/C17H20FNO3S/c1-12-4-6-14(23-12)11-19(8-3-9-20)17(21)15-10-13(18)5-7-16(15)22-2/h4-7,10,20H,3,8-9,11H2,1-2H3. The van der Waals surface area contributed by atoms with Gasteiger partial charge in [0.2, 0.25) is 0 Å². The van der Waals surface area contributed by atoms with E-state index in [0.717, 1.165) is 9.75 Å². The van der Waals surface area contributed by atoms with Gasteiger partial charge >= 0.3 is 0 Å². The molecular formula is C17H20FNO3S. The van der Waals surface area contributed by atoms with Gasteiger partial charge in [0.25, 0.3) is 5.91 Å². The molecule has 1 amide bonds. The second-order valence-electron chi connectivity index (χ2n) is 5.16. The number of aliphatic hydroxyl groups excluding tert-OH is 1. The SMILES string of the molecule is COc1ccc(F)cc1C(=O)N(CCCO)Cc1ccc(C)s1. The van der Waals surface area contributed by atoms with Crippen LogP contribution in [0.5, 0.6) is 5.75 Å². The van der Waals surface area contributed by atoms with Gasteiger partial charge in [0, 0.05) is 22.9 Å². The van der Waals surface area contributed by atoms with E-state index in [0.29, 0.717) is 25.3 Å². The van der Waals surface area contributed by atoms with E-state index >= 15 is 0 Å². The first-order chi connectivity index (χ1) is 11.0. The summed E-state index contributed by atoms with van der Waals surface area (Å²) in [6.45, 7) is 2.82. The monoisotopic (exact) mass is 337 g/mol. The fourth-order valence-corrected chi connectivity index (χ4v) is 3.20. The maximum absolute atomic E-state index is 13.5. The van der Waals surface area contributed by atoms with Gasteiger partial charge < -0.3 is 14.7 Å². The number of carbonyl (C=O) groups is 1. The predicted molar refractivity (Wildman–Crippen MR) is 88.5 cm³/mol. The number of halogens is 1. The van der Waals surface area contributed by atoms with Crippen molar-refractivity contribution in [2.24, 2.45) is 0 Å². The molecule has 0 saturated carbocycles. The fourth-order valence-electron chi connectivity index (χ4n) is 2.29. The molecule has 0 saturated heterocycles. The van der Waals surface area contributed by atoms with Crippen LogP contribution >= 0.6 is 11.3 Å². The molecule has 4 nitrogen and oxygen atoms in total. The number of methoxy groups -OCH3 is 1. The first kappa shape index (κ1) is 17.4. The van der Waals surface area contributed by atoms with Gasteiger partial charge in [-0.05, 0) is 43.7 Å². The average Bonchev–Trinajstić information content (AvgIpc) is 2.95. The second-order valence-corrected chi connectivity index (χ2v) is 6.53. The van der Waals surface area contributed by atoms with Gasteiger partial charge in [-0.2, -0.15) is 0 Å². The predicted octanol–water partition coefficient (Wildman–Crippen LogP) is 3.23. The summed E-state index contributed by atoms with van der Waals surface area (Å²) in [5, 5.41) is 9.06. The summed E-state index contributed by atoms with van der Waals surface area (Å²) in [7, 11) is 1.45. The van der Waals surface area contributed by atoms with E-state index in [-0.39, 0.29) is 18.1 Å². The summed E-state index contributed by atoms with van der Waals surface area (Å²) in [6.07, 6.45) is 0.466. The maximum Gasteiger partial charge on any atom is 0.258 e. The topological polar surface area (TPSA) is 49.8 Å². The molecule has 1 heterocycles. The van der Waals surface area contributed by atoms with Crippen LogP contribution in [0.2, 0.25) is 0 Å². The number of ether oxygens (including phenoxy) is 1. The molecule has 0 radical (unpaired) electrons. The lowest BCUT2D eigenvalue weighted by Crippen LogP contribution is -2.32. The minimum absolute atomic E-state index is 0.00641. The minimum Gasteiger partial charge on any atom is -0.496 e. The zero-order valence-corrected chi connectivity index (χ0v) is 14.0. The number of aliphatic hydroxyl groups is 1. The number of amides is 1. The van der Waals surface area contributed by atoms with E-state index in [9.17, 15) is 9.18 Å². The lowest BCUT2D eigenvalue weighted by molar-refractivity contribution is 0.0730. The Kier molecular flexibility index (Phi) is 6.12. The van der Waals surface area contributed by atoms with Crippen LogP contribution in [-0.2, 0) is 6.54 Å². The quantitative estimate of drug-likeness (QED) is 0.844. The molecule has 2 rings (SSSR count). The Hall–Kier alpha value is -1.92. The van der Waals surface area contributed by atoms with Crippen LogP contribution in [0, 0.1) is 12.7 Å². The van der Waals surface area contributed by atoms with Gasteiger partial charge in [0.1, 0.15) is 11.6 Å². The highest BCUT2D eigenvalue weighted by molar-refractivity contribution is 7.11. The van der Waals surface area contributed by atoms with Gasteiger partial charge in [0.05, 0.1) is 19.2 Å². The van der Waals surface area contributed by atoms with Crippen LogP contribution in [0.4, 0.5) is 4.39 Å². The summed E-state index contributed by atoms with van der Waals surface area (Å²) >= 11 is 1.61. The third-order valence-electron chi connectivity index (χ3n) is 3.41.